The molecule has 1 atom stereocenters. The Balaban J connectivity index is 1.74. The van der Waals surface area contributed by atoms with E-state index in [-0.39, 0.29) is 11.8 Å². The predicted octanol–water partition coefficient (Wildman–Crippen LogP) is 3.00. The lowest BCUT2D eigenvalue weighted by Gasteiger charge is -2.14. The Labute approximate surface area is 134 Å². The van der Waals surface area contributed by atoms with Crippen molar-refractivity contribution in [2.45, 2.75) is 25.8 Å². The van der Waals surface area contributed by atoms with E-state index < -0.39 is 6.04 Å². The van der Waals surface area contributed by atoms with E-state index in [1.165, 1.54) is 0 Å². The highest BCUT2D eigenvalue weighted by Gasteiger charge is 2.27. The van der Waals surface area contributed by atoms with Gasteiger partial charge in [0, 0.05) is 6.42 Å². The number of benzene rings is 2. The van der Waals surface area contributed by atoms with Gasteiger partial charge in [0.05, 0.1) is 5.69 Å². The van der Waals surface area contributed by atoms with Gasteiger partial charge in [-0.3, -0.25) is 9.59 Å². The Morgan fingerprint density at radius 1 is 1.17 bits per heavy atom. The van der Waals surface area contributed by atoms with Crippen molar-refractivity contribution in [2.75, 3.05) is 5.32 Å². The Bertz CT molecular complexity index is 725. The van der Waals surface area contributed by atoms with Gasteiger partial charge in [-0.1, -0.05) is 29.8 Å². The van der Waals surface area contributed by atoms with Crippen LogP contribution in [0.4, 0.5) is 5.69 Å². The first kappa shape index (κ1) is 15.1. The maximum Gasteiger partial charge on any atom is 0.247 e. The highest BCUT2D eigenvalue weighted by molar-refractivity contribution is 5.99. The SMILES string of the molecule is Cc1ccc(Oc2ccccc2NC(=O)[C@@H]2CCC(=O)N2)cc1. The van der Waals surface area contributed by atoms with Crippen molar-refractivity contribution in [3.05, 3.63) is 54.1 Å². The minimum Gasteiger partial charge on any atom is -0.455 e. The molecule has 0 radical (unpaired) electrons. The van der Waals surface area contributed by atoms with Gasteiger partial charge in [0.25, 0.3) is 0 Å². The van der Waals surface area contributed by atoms with Crippen molar-refractivity contribution in [1.82, 2.24) is 5.32 Å². The van der Waals surface area contributed by atoms with Crippen LogP contribution in [0.1, 0.15) is 18.4 Å². The number of amides is 2. The first-order valence-corrected chi connectivity index (χ1v) is 7.55. The molecular formula is C18H18N2O3. The maximum absolute atomic E-state index is 12.2. The molecule has 2 aromatic rings. The van der Waals surface area contributed by atoms with Crippen LogP contribution in [0.25, 0.3) is 0 Å². The fraction of sp³-hybridized carbons (Fsp3) is 0.222. The molecule has 0 aromatic heterocycles. The Hall–Kier alpha value is -2.82. The molecule has 1 fully saturated rings. The molecule has 0 saturated carbocycles. The summed E-state index contributed by atoms with van der Waals surface area (Å²) < 4.78 is 5.85. The lowest BCUT2D eigenvalue weighted by Crippen LogP contribution is -2.37. The Morgan fingerprint density at radius 2 is 1.91 bits per heavy atom. The zero-order valence-electron chi connectivity index (χ0n) is 12.8. The summed E-state index contributed by atoms with van der Waals surface area (Å²) >= 11 is 0. The molecule has 2 amide bonds. The van der Waals surface area contributed by atoms with E-state index in [2.05, 4.69) is 10.6 Å². The highest BCUT2D eigenvalue weighted by Crippen LogP contribution is 2.29. The number of hydrogen-bond donors (Lipinski definition) is 2. The normalized spacial score (nSPS) is 16.7. The van der Waals surface area contributed by atoms with Gasteiger partial charge in [-0.05, 0) is 37.6 Å². The molecule has 0 unspecified atom stereocenters. The van der Waals surface area contributed by atoms with E-state index in [9.17, 15) is 9.59 Å². The molecule has 1 aliphatic heterocycles. The summed E-state index contributed by atoms with van der Waals surface area (Å²) in [5.74, 6) is 0.950. The number of anilines is 1. The topological polar surface area (TPSA) is 67.4 Å². The quantitative estimate of drug-likeness (QED) is 0.912. The molecule has 5 heteroatoms. The van der Waals surface area contributed by atoms with E-state index in [1.807, 2.05) is 43.3 Å². The van der Waals surface area contributed by atoms with Crippen LogP contribution < -0.4 is 15.4 Å². The molecule has 5 nitrogen and oxygen atoms in total. The number of rotatable bonds is 4. The van der Waals surface area contributed by atoms with Crippen LogP contribution in [0.5, 0.6) is 11.5 Å². The van der Waals surface area contributed by atoms with Gasteiger partial charge < -0.3 is 15.4 Å². The number of nitrogens with one attached hydrogen (secondary N) is 2. The minimum atomic E-state index is -0.477. The van der Waals surface area contributed by atoms with Gasteiger partial charge in [-0.15, -0.1) is 0 Å². The molecule has 2 N–H and O–H groups in total. The standard InChI is InChI=1S/C18H18N2O3/c1-12-6-8-13(9-7-12)23-16-5-3-2-4-14(16)20-18(22)15-10-11-17(21)19-15/h2-9,15H,10-11H2,1H3,(H,19,21)(H,20,22)/t15-/m0/s1. The van der Waals surface area contributed by atoms with Gasteiger partial charge in [-0.25, -0.2) is 0 Å². The smallest absolute Gasteiger partial charge is 0.247 e. The van der Waals surface area contributed by atoms with Crippen molar-refractivity contribution in [1.29, 1.82) is 0 Å². The molecule has 118 valence electrons. The van der Waals surface area contributed by atoms with Crippen molar-refractivity contribution in [2.24, 2.45) is 0 Å². The average molecular weight is 310 g/mol. The zero-order chi connectivity index (χ0) is 16.2. The van der Waals surface area contributed by atoms with Crippen molar-refractivity contribution in [3.63, 3.8) is 0 Å². The second-order valence-electron chi connectivity index (χ2n) is 5.56. The van der Waals surface area contributed by atoms with E-state index >= 15 is 0 Å². The predicted molar refractivity (Wildman–Crippen MR) is 87.5 cm³/mol. The monoisotopic (exact) mass is 310 g/mol. The molecular weight excluding hydrogens is 292 g/mol. The van der Waals surface area contributed by atoms with Gasteiger partial charge >= 0.3 is 0 Å². The van der Waals surface area contributed by atoms with Crippen LogP contribution >= 0.6 is 0 Å². The van der Waals surface area contributed by atoms with Crippen LogP contribution in [0.2, 0.25) is 0 Å². The molecule has 23 heavy (non-hydrogen) atoms. The highest BCUT2D eigenvalue weighted by atomic mass is 16.5. The van der Waals surface area contributed by atoms with Gasteiger partial charge in [0.2, 0.25) is 11.8 Å². The molecule has 0 spiro atoms. The fourth-order valence-electron chi connectivity index (χ4n) is 2.42. The summed E-state index contributed by atoms with van der Waals surface area (Å²) in [4.78, 5) is 23.5. The zero-order valence-corrected chi connectivity index (χ0v) is 12.8. The number of carbonyl (C=O) groups excluding carboxylic acids is 2. The summed E-state index contributed by atoms with van der Waals surface area (Å²) in [6.07, 6.45) is 0.908. The van der Waals surface area contributed by atoms with Crippen molar-refractivity contribution >= 4 is 17.5 Å². The molecule has 1 saturated heterocycles. The third-order valence-electron chi connectivity index (χ3n) is 3.71. The fourth-order valence-corrected chi connectivity index (χ4v) is 2.42. The second kappa shape index (κ2) is 6.52. The van der Waals surface area contributed by atoms with Crippen molar-refractivity contribution in [3.8, 4) is 11.5 Å². The van der Waals surface area contributed by atoms with Crippen LogP contribution in [0.15, 0.2) is 48.5 Å². The lowest BCUT2D eigenvalue weighted by molar-refractivity contribution is -0.122. The second-order valence-corrected chi connectivity index (χ2v) is 5.56. The average Bonchev–Trinajstić information content (AvgIpc) is 2.98. The van der Waals surface area contributed by atoms with Crippen LogP contribution in [0.3, 0.4) is 0 Å². The molecule has 1 heterocycles. The number of hydrogen-bond acceptors (Lipinski definition) is 3. The minimum absolute atomic E-state index is 0.0886. The Kier molecular flexibility index (Phi) is 4.28. The first-order chi connectivity index (χ1) is 11.1. The third kappa shape index (κ3) is 3.69. The molecule has 0 aliphatic carbocycles. The largest absolute Gasteiger partial charge is 0.455 e. The van der Waals surface area contributed by atoms with Gasteiger partial charge in [0.15, 0.2) is 5.75 Å². The molecule has 0 bridgehead atoms. The van der Waals surface area contributed by atoms with Crippen LogP contribution in [0, 0.1) is 6.92 Å². The summed E-state index contributed by atoms with van der Waals surface area (Å²) in [5.41, 5.74) is 1.73. The maximum atomic E-state index is 12.2. The van der Waals surface area contributed by atoms with E-state index in [4.69, 9.17) is 4.74 Å². The molecule has 1 aliphatic rings. The first-order valence-electron chi connectivity index (χ1n) is 7.55. The summed E-state index contributed by atoms with van der Waals surface area (Å²) in [6.45, 7) is 2.01. The molecule has 2 aromatic carbocycles. The van der Waals surface area contributed by atoms with E-state index in [0.717, 1.165) is 5.56 Å². The van der Waals surface area contributed by atoms with Gasteiger partial charge in [-0.2, -0.15) is 0 Å². The lowest BCUT2D eigenvalue weighted by atomic mass is 10.2. The number of ether oxygens (including phenoxy) is 1. The van der Waals surface area contributed by atoms with E-state index in [1.54, 1.807) is 12.1 Å². The van der Waals surface area contributed by atoms with Crippen LogP contribution in [-0.2, 0) is 9.59 Å². The number of aryl methyl sites for hydroxylation is 1. The summed E-state index contributed by atoms with van der Waals surface area (Å²) in [6, 6.07) is 14.4. The van der Waals surface area contributed by atoms with Crippen LogP contribution in [-0.4, -0.2) is 17.9 Å². The number of para-hydroxylation sites is 2. The van der Waals surface area contributed by atoms with Gasteiger partial charge in [0.1, 0.15) is 11.8 Å². The summed E-state index contributed by atoms with van der Waals surface area (Å²) in [5, 5.41) is 5.48. The Morgan fingerprint density at radius 3 is 2.61 bits per heavy atom. The van der Waals surface area contributed by atoms with Crippen molar-refractivity contribution < 1.29 is 14.3 Å². The third-order valence-corrected chi connectivity index (χ3v) is 3.71. The summed E-state index contributed by atoms with van der Waals surface area (Å²) in [7, 11) is 0. The number of carbonyl (C=O) groups is 2. The molecule has 3 rings (SSSR count). The van der Waals surface area contributed by atoms with E-state index in [0.29, 0.717) is 30.0 Å².